The molecule has 0 spiro atoms. The van der Waals surface area contributed by atoms with Gasteiger partial charge in [0.15, 0.2) is 11.6 Å². The van der Waals surface area contributed by atoms with E-state index in [-0.39, 0.29) is 11.7 Å². The molecule has 0 aromatic carbocycles. The molecule has 2 atom stereocenters. The lowest BCUT2D eigenvalue weighted by molar-refractivity contribution is -0.116. The van der Waals surface area contributed by atoms with Crippen LogP contribution in [0.3, 0.4) is 0 Å². The molecule has 2 aromatic heterocycles. The summed E-state index contributed by atoms with van der Waals surface area (Å²) in [4.78, 5) is 14.0. The third-order valence-electron chi connectivity index (χ3n) is 4.58. The van der Waals surface area contributed by atoms with Gasteiger partial charge in [0.25, 0.3) is 0 Å². The van der Waals surface area contributed by atoms with Crippen molar-refractivity contribution in [2.24, 2.45) is 0 Å². The number of aryl methyl sites for hydroxylation is 1. The number of ketones is 1. The van der Waals surface area contributed by atoms with Crippen LogP contribution in [0.1, 0.15) is 47.7 Å². The number of fused-ring (bicyclic) bond motifs is 1. The molecule has 2 aliphatic rings. The van der Waals surface area contributed by atoms with E-state index in [1.807, 2.05) is 6.92 Å². The molecule has 108 valence electrons. The number of Topliss-reactive ketones (excluding diaryl/α,β-unsaturated/α-hetero) is 1. The summed E-state index contributed by atoms with van der Waals surface area (Å²) >= 11 is 1.74. The Morgan fingerprint density at radius 2 is 2.24 bits per heavy atom. The molecule has 0 radical (unpaired) electrons. The first kappa shape index (κ1) is 12.8. The highest BCUT2D eigenvalue weighted by atomic mass is 32.1. The molecule has 4 rings (SSSR count). The number of thiophene rings is 1. The number of nitrogens with one attached hydrogen (secondary N) is 2. The van der Waals surface area contributed by atoms with Crippen LogP contribution in [0, 0.1) is 6.92 Å². The second-order valence-corrected chi connectivity index (χ2v) is 6.87. The van der Waals surface area contributed by atoms with Crippen LogP contribution in [0.4, 0.5) is 5.82 Å². The Morgan fingerprint density at radius 3 is 3.00 bits per heavy atom. The molecule has 0 unspecified atom stereocenters. The predicted molar refractivity (Wildman–Crippen MR) is 83.7 cm³/mol. The van der Waals surface area contributed by atoms with Crippen LogP contribution < -0.4 is 5.32 Å². The SMILES string of the molecule is Cc1[nH]nc2c1[C@H](C)C1=C(C[C@H](c3cccs3)CC1=O)N2. The van der Waals surface area contributed by atoms with Crippen molar-refractivity contribution in [3.8, 4) is 0 Å². The minimum atomic E-state index is 0.131. The highest BCUT2D eigenvalue weighted by molar-refractivity contribution is 7.10. The van der Waals surface area contributed by atoms with Gasteiger partial charge in [-0.1, -0.05) is 13.0 Å². The van der Waals surface area contributed by atoms with Gasteiger partial charge in [-0.3, -0.25) is 9.89 Å². The highest BCUT2D eigenvalue weighted by Gasteiger charge is 2.37. The summed E-state index contributed by atoms with van der Waals surface area (Å²) in [7, 11) is 0. The summed E-state index contributed by atoms with van der Waals surface area (Å²) in [5.74, 6) is 1.60. The number of aromatic amines is 1. The van der Waals surface area contributed by atoms with Crippen LogP contribution in [0.25, 0.3) is 0 Å². The maximum atomic E-state index is 12.7. The minimum absolute atomic E-state index is 0.131. The monoisotopic (exact) mass is 299 g/mol. The van der Waals surface area contributed by atoms with E-state index in [0.717, 1.165) is 34.8 Å². The maximum Gasteiger partial charge on any atom is 0.161 e. The number of anilines is 1. The average molecular weight is 299 g/mol. The van der Waals surface area contributed by atoms with Crippen molar-refractivity contribution < 1.29 is 4.79 Å². The van der Waals surface area contributed by atoms with E-state index in [4.69, 9.17) is 0 Å². The molecule has 3 heterocycles. The Kier molecular flexibility index (Phi) is 2.79. The molecule has 4 nitrogen and oxygen atoms in total. The number of nitrogens with zero attached hydrogens (tertiary/aromatic N) is 1. The van der Waals surface area contributed by atoms with E-state index in [1.54, 1.807) is 11.3 Å². The van der Waals surface area contributed by atoms with Gasteiger partial charge in [0.1, 0.15) is 0 Å². The molecule has 1 aliphatic heterocycles. The quantitative estimate of drug-likeness (QED) is 0.844. The van der Waals surface area contributed by atoms with Crippen LogP contribution >= 0.6 is 11.3 Å². The summed E-state index contributed by atoms with van der Waals surface area (Å²) in [5.41, 5.74) is 4.21. The van der Waals surface area contributed by atoms with E-state index in [0.29, 0.717) is 12.3 Å². The van der Waals surface area contributed by atoms with Gasteiger partial charge in [0.2, 0.25) is 0 Å². The summed E-state index contributed by atoms with van der Waals surface area (Å²) < 4.78 is 0. The van der Waals surface area contributed by atoms with Crippen molar-refractivity contribution in [3.63, 3.8) is 0 Å². The second-order valence-electron chi connectivity index (χ2n) is 5.89. The van der Waals surface area contributed by atoms with Crippen molar-refractivity contribution in [2.45, 2.75) is 38.5 Å². The van der Waals surface area contributed by atoms with Gasteiger partial charge in [-0.05, 0) is 24.8 Å². The molecule has 5 heteroatoms. The number of allylic oxidation sites excluding steroid dienone is 2. The number of aromatic nitrogens is 2. The zero-order valence-corrected chi connectivity index (χ0v) is 12.9. The Labute approximate surface area is 127 Å². The fourth-order valence-corrected chi connectivity index (χ4v) is 4.46. The van der Waals surface area contributed by atoms with Gasteiger partial charge < -0.3 is 5.32 Å². The second kappa shape index (κ2) is 4.56. The third-order valence-corrected chi connectivity index (χ3v) is 5.62. The minimum Gasteiger partial charge on any atom is -0.342 e. The Bertz CT molecular complexity index is 742. The first-order chi connectivity index (χ1) is 10.1. The number of H-pyrrole nitrogens is 1. The molecule has 0 bridgehead atoms. The number of hydrogen-bond donors (Lipinski definition) is 2. The van der Waals surface area contributed by atoms with Crippen LogP contribution in [-0.2, 0) is 4.79 Å². The van der Waals surface area contributed by atoms with Crippen LogP contribution in [0.15, 0.2) is 28.8 Å². The van der Waals surface area contributed by atoms with Gasteiger partial charge in [-0.15, -0.1) is 11.3 Å². The molecule has 1 aliphatic carbocycles. The molecule has 0 saturated heterocycles. The predicted octanol–water partition coefficient (Wildman–Crippen LogP) is 3.71. The molecule has 2 N–H and O–H groups in total. The van der Waals surface area contributed by atoms with E-state index in [9.17, 15) is 4.79 Å². The molecular formula is C16H17N3OS. The van der Waals surface area contributed by atoms with E-state index < -0.39 is 0 Å². The van der Waals surface area contributed by atoms with Crippen molar-refractivity contribution in [1.82, 2.24) is 10.2 Å². The van der Waals surface area contributed by atoms with Gasteiger partial charge in [-0.25, -0.2) is 0 Å². The van der Waals surface area contributed by atoms with Crippen LogP contribution in [-0.4, -0.2) is 16.0 Å². The highest BCUT2D eigenvalue weighted by Crippen LogP contribution is 2.45. The Morgan fingerprint density at radius 1 is 1.38 bits per heavy atom. The zero-order valence-electron chi connectivity index (χ0n) is 12.1. The lowest BCUT2D eigenvalue weighted by Gasteiger charge is -2.32. The Hall–Kier alpha value is -1.88. The fraction of sp³-hybridized carbons (Fsp3) is 0.375. The normalized spacial score (nSPS) is 24.6. The van der Waals surface area contributed by atoms with Crippen molar-refractivity contribution in [1.29, 1.82) is 0 Å². The van der Waals surface area contributed by atoms with E-state index >= 15 is 0 Å². The number of hydrogen-bond acceptors (Lipinski definition) is 4. The summed E-state index contributed by atoms with van der Waals surface area (Å²) in [6, 6.07) is 4.19. The van der Waals surface area contributed by atoms with Crippen molar-refractivity contribution in [3.05, 3.63) is 44.9 Å². The molecule has 0 amide bonds. The first-order valence-corrected chi connectivity index (χ1v) is 8.14. The van der Waals surface area contributed by atoms with Gasteiger partial charge in [0.05, 0.1) is 0 Å². The zero-order chi connectivity index (χ0) is 14.6. The third kappa shape index (κ3) is 1.87. The lowest BCUT2D eigenvalue weighted by Crippen LogP contribution is -2.28. The smallest absolute Gasteiger partial charge is 0.161 e. The number of rotatable bonds is 1. The van der Waals surface area contributed by atoms with Crippen molar-refractivity contribution >= 4 is 22.9 Å². The van der Waals surface area contributed by atoms with Gasteiger partial charge >= 0.3 is 0 Å². The summed E-state index contributed by atoms with van der Waals surface area (Å²) in [6.07, 6.45) is 1.52. The van der Waals surface area contributed by atoms with E-state index in [2.05, 4.69) is 40.0 Å². The lowest BCUT2D eigenvalue weighted by atomic mass is 9.76. The standard InChI is InChI=1S/C16H17N3OS/c1-8-14-9(2)18-19-16(14)17-11-6-10(7-12(20)15(8)11)13-4-3-5-21-13/h3-5,8,10H,6-7H2,1-2H3,(H2,17,18,19)/t8-,10-/m0/s1. The van der Waals surface area contributed by atoms with Crippen molar-refractivity contribution in [2.75, 3.05) is 5.32 Å². The van der Waals surface area contributed by atoms with Crippen LogP contribution in [0.2, 0.25) is 0 Å². The van der Waals surface area contributed by atoms with E-state index in [1.165, 1.54) is 4.88 Å². The van der Waals surface area contributed by atoms with Gasteiger partial charge in [-0.2, -0.15) is 5.10 Å². The molecule has 0 saturated carbocycles. The van der Waals surface area contributed by atoms with Crippen LogP contribution in [0.5, 0.6) is 0 Å². The number of carbonyl (C=O) groups is 1. The first-order valence-electron chi connectivity index (χ1n) is 7.26. The Balaban J connectivity index is 1.74. The summed E-state index contributed by atoms with van der Waals surface area (Å²) in [5, 5.41) is 12.8. The molecular weight excluding hydrogens is 282 g/mol. The number of carbonyl (C=O) groups excluding carboxylic acids is 1. The topological polar surface area (TPSA) is 57.8 Å². The average Bonchev–Trinajstić information content (AvgIpc) is 3.08. The maximum absolute atomic E-state index is 12.7. The summed E-state index contributed by atoms with van der Waals surface area (Å²) in [6.45, 7) is 4.12. The fourth-order valence-electron chi connectivity index (χ4n) is 3.63. The largest absolute Gasteiger partial charge is 0.342 e. The van der Waals surface area contributed by atoms with Gasteiger partial charge in [0, 0.05) is 45.7 Å². The molecule has 2 aromatic rings. The molecule has 21 heavy (non-hydrogen) atoms. The molecule has 0 fully saturated rings.